The van der Waals surface area contributed by atoms with E-state index in [0.717, 1.165) is 12.8 Å². The van der Waals surface area contributed by atoms with Crippen LogP contribution in [0, 0.1) is 0 Å². The van der Waals surface area contributed by atoms with Crippen LogP contribution < -0.4 is 11.1 Å². The van der Waals surface area contributed by atoms with Crippen LogP contribution in [0.1, 0.15) is 33.1 Å². The minimum atomic E-state index is -0.563. The maximum atomic E-state index is 12.2. The van der Waals surface area contributed by atoms with Crippen LogP contribution in [-0.2, 0) is 14.3 Å². The van der Waals surface area contributed by atoms with Crippen molar-refractivity contribution in [2.45, 2.75) is 50.7 Å². The average Bonchev–Trinajstić information content (AvgIpc) is 3.10. The molecule has 2 rings (SSSR count). The van der Waals surface area contributed by atoms with E-state index in [2.05, 4.69) is 5.32 Å². The lowest BCUT2D eigenvalue weighted by molar-refractivity contribution is -0.149. The Morgan fingerprint density at radius 1 is 1.42 bits per heavy atom. The van der Waals surface area contributed by atoms with Gasteiger partial charge in [-0.25, -0.2) is 0 Å². The van der Waals surface area contributed by atoms with Gasteiger partial charge in [0.05, 0.1) is 13.2 Å². The van der Waals surface area contributed by atoms with Gasteiger partial charge in [0.2, 0.25) is 11.8 Å². The number of hydrogen-bond donors (Lipinski definition) is 2. The molecule has 1 saturated carbocycles. The molecule has 6 heteroatoms. The van der Waals surface area contributed by atoms with Gasteiger partial charge in [-0.05, 0) is 26.7 Å². The minimum absolute atomic E-state index is 0.0771. The monoisotopic (exact) mass is 269 g/mol. The van der Waals surface area contributed by atoms with Crippen molar-refractivity contribution < 1.29 is 14.3 Å². The van der Waals surface area contributed by atoms with E-state index in [4.69, 9.17) is 10.5 Å². The zero-order valence-electron chi connectivity index (χ0n) is 11.6. The Hall–Kier alpha value is -1.14. The molecule has 0 aromatic rings. The fraction of sp³-hybridized carbons (Fsp3) is 0.846. The Bertz CT molecular complexity index is 361. The van der Waals surface area contributed by atoms with Crippen molar-refractivity contribution in [2.24, 2.45) is 5.73 Å². The minimum Gasteiger partial charge on any atom is -0.377 e. The molecular formula is C13H23N3O3. The molecule has 1 saturated heterocycles. The van der Waals surface area contributed by atoms with E-state index in [1.165, 1.54) is 0 Å². The first-order valence-corrected chi connectivity index (χ1v) is 6.83. The lowest BCUT2D eigenvalue weighted by Crippen LogP contribution is -2.57. The van der Waals surface area contributed by atoms with E-state index < -0.39 is 11.6 Å². The lowest BCUT2D eigenvalue weighted by atomic mass is 10.0. The first kappa shape index (κ1) is 14.3. The van der Waals surface area contributed by atoms with Crippen LogP contribution in [0.2, 0.25) is 0 Å². The van der Waals surface area contributed by atoms with Crippen molar-refractivity contribution in [1.29, 1.82) is 0 Å². The number of ether oxygens (including phenoxy) is 1. The van der Waals surface area contributed by atoms with Crippen LogP contribution in [0.3, 0.4) is 0 Å². The summed E-state index contributed by atoms with van der Waals surface area (Å²) < 4.78 is 5.33. The Morgan fingerprint density at radius 2 is 2.11 bits per heavy atom. The fourth-order valence-corrected chi connectivity index (χ4v) is 2.14. The molecule has 1 aliphatic heterocycles. The number of carbonyl (C=O) groups excluding carboxylic acids is 2. The van der Waals surface area contributed by atoms with Crippen molar-refractivity contribution in [2.75, 3.05) is 19.8 Å². The zero-order chi connectivity index (χ0) is 14.0. The summed E-state index contributed by atoms with van der Waals surface area (Å²) in [5.41, 5.74) is 5.31. The number of amides is 2. The van der Waals surface area contributed by atoms with E-state index in [9.17, 15) is 9.59 Å². The second-order valence-corrected chi connectivity index (χ2v) is 6.13. The second kappa shape index (κ2) is 5.46. The molecule has 6 nitrogen and oxygen atoms in total. The van der Waals surface area contributed by atoms with Crippen LogP contribution in [-0.4, -0.2) is 54.1 Å². The summed E-state index contributed by atoms with van der Waals surface area (Å²) in [5, 5.41) is 2.93. The summed E-state index contributed by atoms with van der Waals surface area (Å²) in [4.78, 5) is 26.0. The van der Waals surface area contributed by atoms with Crippen LogP contribution in [0.4, 0.5) is 0 Å². The molecule has 1 unspecified atom stereocenters. The Balaban J connectivity index is 1.98. The Labute approximate surface area is 113 Å². The normalized spacial score (nSPS) is 24.2. The van der Waals surface area contributed by atoms with Gasteiger partial charge in [-0.3, -0.25) is 9.59 Å². The van der Waals surface area contributed by atoms with Gasteiger partial charge in [0, 0.05) is 24.5 Å². The van der Waals surface area contributed by atoms with Gasteiger partial charge in [0.25, 0.3) is 0 Å². The molecule has 0 bridgehead atoms. The maximum absolute atomic E-state index is 12.2. The number of rotatable bonds is 4. The van der Waals surface area contributed by atoms with Crippen LogP contribution in [0.5, 0.6) is 0 Å². The standard InChI is InChI=1S/C13H23N3O3/c1-13(2,14)7-11(17)16-5-6-19-8-10(16)12(18)15-9-3-4-9/h9-10H,3-8,14H2,1-2H3,(H,15,18). The first-order chi connectivity index (χ1) is 8.87. The summed E-state index contributed by atoms with van der Waals surface area (Å²) in [5.74, 6) is -0.183. The summed E-state index contributed by atoms with van der Waals surface area (Å²) in [6.07, 6.45) is 2.30. The molecular weight excluding hydrogens is 246 g/mol. The smallest absolute Gasteiger partial charge is 0.245 e. The molecule has 1 heterocycles. The molecule has 19 heavy (non-hydrogen) atoms. The maximum Gasteiger partial charge on any atom is 0.245 e. The molecule has 0 spiro atoms. The van der Waals surface area contributed by atoms with Crippen molar-refractivity contribution in [1.82, 2.24) is 10.2 Å². The van der Waals surface area contributed by atoms with Crippen LogP contribution >= 0.6 is 0 Å². The highest BCUT2D eigenvalue weighted by Crippen LogP contribution is 2.20. The highest BCUT2D eigenvalue weighted by Gasteiger charge is 2.36. The number of hydrogen-bond acceptors (Lipinski definition) is 4. The molecule has 0 radical (unpaired) electrons. The molecule has 1 aliphatic carbocycles. The van der Waals surface area contributed by atoms with E-state index >= 15 is 0 Å². The molecule has 0 aromatic heterocycles. The summed E-state index contributed by atoms with van der Waals surface area (Å²) in [6.45, 7) is 4.83. The Kier molecular flexibility index (Phi) is 4.10. The van der Waals surface area contributed by atoms with Gasteiger partial charge in [-0.1, -0.05) is 0 Å². The molecule has 2 amide bonds. The Morgan fingerprint density at radius 3 is 2.68 bits per heavy atom. The number of nitrogens with zero attached hydrogens (tertiary/aromatic N) is 1. The molecule has 3 N–H and O–H groups in total. The predicted octanol–water partition coefficient (Wildman–Crippen LogP) is -0.380. The third kappa shape index (κ3) is 4.18. The van der Waals surface area contributed by atoms with Gasteiger partial charge in [-0.15, -0.1) is 0 Å². The van der Waals surface area contributed by atoms with Gasteiger partial charge >= 0.3 is 0 Å². The van der Waals surface area contributed by atoms with Crippen molar-refractivity contribution in [3.05, 3.63) is 0 Å². The summed E-state index contributed by atoms with van der Waals surface area (Å²) in [7, 11) is 0. The predicted molar refractivity (Wildman–Crippen MR) is 70.4 cm³/mol. The quantitative estimate of drug-likeness (QED) is 0.728. The first-order valence-electron chi connectivity index (χ1n) is 6.83. The summed E-state index contributed by atoms with van der Waals surface area (Å²) >= 11 is 0. The highest BCUT2D eigenvalue weighted by molar-refractivity contribution is 5.88. The zero-order valence-corrected chi connectivity index (χ0v) is 11.6. The lowest BCUT2D eigenvalue weighted by Gasteiger charge is -2.36. The topological polar surface area (TPSA) is 84.7 Å². The SMILES string of the molecule is CC(C)(N)CC(=O)N1CCOCC1C(=O)NC1CC1. The third-order valence-corrected chi connectivity index (χ3v) is 3.28. The van der Waals surface area contributed by atoms with E-state index in [1.807, 2.05) is 13.8 Å². The highest BCUT2D eigenvalue weighted by atomic mass is 16.5. The van der Waals surface area contributed by atoms with Crippen LogP contribution in [0.25, 0.3) is 0 Å². The second-order valence-electron chi connectivity index (χ2n) is 6.13. The number of morpholine rings is 1. The average molecular weight is 269 g/mol. The van der Waals surface area contributed by atoms with Crippen molar-refractivity contribution in [3.8, 4) is 0 Å². The van der Waals surface area contributed by atoms with Gasteiger partial charge < -0.3 is 20.7 Å². The fourth-order valence-electron chi connectivity index (χ4n) is 2.14. The third-order valence-electron chi connectivity index (χ3n) is 3.28. The van der Waals surface area contributed by atoms with E-state index in [1.54, 1.807) is 4.90 Å². The number of nitrogens with two attached hydrogens (primary N) is 1. The molecule has 108 valence electrons. The summed E-state index contributed by atoms with van der Waals surface area (Å²) in [6, 6.07) is -0.221. The van der Waals surface area contributed by atoms with E-state index in [0.29, 0.717) is 13.2 Å². The van der Waals surface area contributed by atoms with E-state index in [-0.39, 0.29) is 30.9 Å². The number of nitrogens with one attached hydrogen (secondary N) is 1. The van der Waals surface area contributed by atoms with Gasteiger partial charge in [0.1, 0.15) is 6.04 Å². The molecule has 2 fully saturated rings. The number of carbonyl (C=O) groups is 2. The van der Waals surface area contributed by atoms with Crippen LogP contribution in [0.15, 0.2) is 0 Å². The molecule has 0 aromatic carbocycles. The molecule has 1 atom stereocenters. The van der Waals surface area contributed by atoms with Crippen molar-refractivity contribution >= 4 is 11.8 Å². The van der Waals surface area contributed by atoms with Gasteiger partial charge in [-0.2, -0.15) is 0 Å². The molecule has 2 aliphatic rings. The van der Waals surface area contributed by atoms with Crippen molar-refractivity contribution in [3.63, 3.8) is 0 Å². The largest absolute Gasteiger partial charge is 0.377 e. The van der Waals surface area contributed by atoms with Gasteiger partial charge in [0.15, 0.2) is 0 Å².